The normalized spacial score (nSPS) is 10.5. The molecule has 142 valence electrons. The van der Waals surface area contributed by atoms with Crippen LogP contribution in [0.1, 0.15) is 16.2 Å². The minimum absolute atomic E-state index is 0.174. The van der Waals surface area contributed by atoms with E-state index in [2.05, 4.69) is 10.1 Å². The first-order valence-corrected chi connectivity index (χ1v) is 8.87. The molecule has 0 radical (unpaired) electrons. The summed E-state index contributed by atoms with van der Waals surface area (Å²) >= 11 is 1.52. The number of carbonyl (C=O) groups excluding carboxylic acids is 1. The van der Waals surface area contributed by atoms with Gasteiger partial charge in [-0.3, -0.25) is 4.79 Å². The second kappa shape index (κ2) is 8.09. The Labute approximate surface area is 160 Å². The van der Waals surface area contributed by atoms with Crippen molar-refractivity contribution in [3.05, 3.63) is 41.1 Å². The van der Waals surface area contributed by atoms with Gasteiger partial charge in [-0.15, -0.1) is 11.3 Å². The van der Waals surface area contributed by atoms with Crippen molar-refractivity contribution in [2.75, 3.05) is 28.4 Å². The zero-order valence-corrected chi connectivity index (χ0v) is 16.2. The molecule has 0 aliphatic rings. The average molecular weight is 389 g/mol. The van der Waals surface area contributed by atoms with Crippen LogP contribution in [-0.2, 0) is 6.54 Å². The molecule has 2 aromatic heterocycles. The third-order valence-electron chi connectivity index (χ3n) is 3.84. The number of benzene rings is 1. The van der Waals surface area contributed by atoms with Gasteiger partial charge >= 0.3 is 0 Å². The predicted molar refractivity (Wildman–Crippen MR) is 99.5 cm³/mol. The molecule has 27 heavy (non-hydrogen) atoms. The third kappa shape index (κ3) is 3.87. The van der Waals surface area contributed by atoms with Gasteiger partial charge in [0.15, 0.2) is 11.5 Å². The Balaban J connectivity index is 1.79. The minimum atomic E-state index is -0.245. The number of amides is 1. The van der Waals surface area contributed by atoms with Gasteiger partial charge in [-0.25, -0.2) is 0 Å². The van der Waals surface area contributed by atoms with Crippen molar-refractivity contribution in [3.63, 3.8) is 0 Å². The highest BCUT2D eigenvalue weighted by atomic mass is 32.1. The van der Waals surface area contributed by atoms with Crippen LogP contribution in [0.4, 0.5) is 0 Å². The fourth-order valence-corrected chi connectivity index (χ4v) is 3.17. The number of hydrogen-bond acceptors (Lipinski definition) is 8. The predicted octanol–water partition coefficient (Wildman–Crippen LogP) is 3.10. The summed E-state index contributed by atoms with van der Waals surface area (Å²) in [4.78, 5) is 19.5. The van der Waals surface area contributed by atoms with E-state index in [4.69, 9.17) is 18.7 Å². The minimum Gasteiger partial charge on any atom is -0.493 e. The van der Waals surface area contributed by atoms with Crippen LogP contribution < -0.4 is 14.2 Å². The van der Waals surface area contributed by atoms with Crippen LogP contribution in [-0.4, -0.2) is 49.3 Å². The van der Waals surface area contributed by atoms with Crippen LogP contribution in [0.25, 0.3) is 10.7 Å². The highest BCUT2D eigenvalue weighted by molar-refractivity contribution is 7.13. The van der Waals surface area contributed by atoms with Gasteiger partial charge in [0.05, 0.1) is 32.8 Å². The van der Waals surface area contributed by atoms with Crippen molar-refractivity contribution in [2.24, 2.45) is 0 Å². The van der Waals surface area contributed by atoms with Crippen molar-refractivity contribution < 1.29 is 23.5 Å². The number of methoxy groups -OCH3 is 3. The molecule has 0 fully saturated rings. The number of carbonyl (C=O) groups is 1. The first kappa shape index (κ1) is 18.7. The molecule has 0 spiro atoms. The quantitative estimate of drug-likeness (QED) is 0.614. The molecular formula is C18H19N3O5S. The van der Waals surface area contributed by atoms with Crippen molar-refractivity contribution in [2.45, 2.75) is 6.54 Å². The van der Waals surface area contributed by atoms with Gasteiger partial charge in [-0.2, -0.15) is 4.98 Å². The Morgan fingerprint density at radius 1 is 1.19 bits per heavy atom. The van der Waals surface area contributed by atoms with E-state index in [-0.39, 0.29) is 12.5 Å². The molecule has 3 aromatic rings. The second-order valence-corrected chi connectivity index (χ2v) is 6.51. The molecule has 0 bridgehead atoms. The van der Waals surface area contributed by atoms with Crippen LogP contribution in [0.15, 0.2) is 34.2 Å². The third-order valence-corrected chi connectivity index (χ3v) is 4.71. The number of hydrogen-bond donors (Lipinski definition) is 0. The first-order chi connectivity index (χ1) is 13.1. The molecule has 0 saturated carbocycles. The van der Waals surface area contributed by atoms with Crippen LogP contribution in [0.3, 0.4) is 0 Å². The van der Waals surface area contributed by atoms with E-state index in [1.807, 2.05) is 17.5 Å². The summed E-state index contributed by atoms with van der Waals surface area (Å²) < 4.78 is 21.1. The number of nitrogens with zero attached hydrogens (tertiary/aromatic N) is 3. The van der Waals surface area contributed by atoms with Crippen molar-refractivity contribution >= 4 is 17.2 Å². The molecule has 8 nitrogen and oxygen atoms in total. The highest BCUT2D eigenvalue weighted by Crippen LogP contribution is 2.38. The average Bonchev–Trinajstić information content (AvgIpc) is 3.37. The van der Waals surface area contributed by atoms with Crippen LogP contribution in [0, 0.1) is 0 Å². The number of aromatic nitrogens is 2. The lowest BCUT2D eigenvalue weighted by atomic mass is 10.1. The standard InChI is InChI=1S/C18H19N3O5S/c1-21(10-15-19-17(20-26-15)14-6-5-7-27-14)18(22)11-8-12(23-2)16(25-4)13(9-11)24-3/h5-9H,10H2,1-4H3. The summed E-state index contributed by atoms with van der Waals surface area (Å²) in [5.74, 6) is 1.86. The first-order valence-electron chi connectivity index (χ1n) is 7.99. The maximum atomic E-state index is 12.8. The number of thiophene rings is 1. The van der Waals surface area contributed by atoms with Crippen LogP contribution in [0.5, 0.6) is 17.2 Å². The lowest BCUT2D eigenvalue weighted by molar-refractivity contribution is 0.0768. The van der Waals surface area contributed by atoms with Crippen molar-refractivity contribution in [1.29, 1.82) is 0 Å². The fraction of sp³-hybridized carbons (Fsp3) is 0.278. The van der Waals surface area contributed by atoms with E-state index in [0.717, 1.165) is 4.88 Å². The lowest BCUT2D eigenvalue weighted by Crippen LogP contribution is -2.26. The summed E-state index contributed by atoms with van der Waals surface area (Å²) in [5, 5.41) is 5.89. The maximum absolute atomic E-state index is 12.8. The molecular weight excluding hydrogens is 370 g/mol. The van der Waals surface area contributed by atoms with Crippen molar-refractivity contribution in [3.8, 4) is 28.0 Å². The van der Waals surface area contributed by atoms with E-state index in [1.165, 1.54) is 37.6 Å². The molecule has 0 aliphatic carbocycles. The highest BCUT2D eigenvalue weighted by Gasteiger charge is 2.21. The maximum Gasteiger partial charge on any atom is 0.254 e. The van der Waals surface area contributed by atoms with Gasteiger partial charge in [-0.1, -0.05) is 11.2 Å². The van der Waals surface area contributed by atoms with E-state index >= 15 is 0 Å². The number of ether oxygens (including phenoxy) is 3. The second-order valence-electron chi connectivity index (χ2n) is 5.56. The molecule has 9 heteroatoms. The lowest BCUT2D eigenvalue weighted by Gasteiger charge is -2.18. The Morgan fingerprint density at radius 2 is 1.89 bits per heavy atom. The zero-order chi connectivity index (χ0) is 19.4. The summed E-state index contributed by atoms with van der Waals surface area (Å²) in [6.07, 6.45) is 0. The van der Waals surface area contributed by atoms with E-state index in [0.29, 0.717) is 34.5 Å². The largest absolute Gasteiger partial charge is 0.493 e. The summed E-state index contributed by atoms with van der Waals surface area (Å²) in [7, 11) is 6.16. The Bertz CT molecular complexity index is 898. The van der Waals surface area contributed by atoms with E-state index in [9.17, 15) is 4.79 Å². The Kier molecular flexibility index (Phi) is 5.60. The summed E-state index contributed by atoms with van der Waals surface area (Å²) in [6, 6.07) is 7.02. The van der Waals surface area contributed by atoms with Crippen LogP contribution in [0.2, 0.25) is 0 Å². The summed E-state index contributed by atoms with van der Waals surface area (Å²) in [5.41, 5.74) is 0.394. The van der Waals surface area contributed by atoms with Gasteiger partial charge in [0.25, 0.3) is 5.91 Å². The molecule has 0 unspecified atom stereocenters. The van der Waals surface area contributed by atoms with Gasteiger partial charge in [0.2, 0.25) is 17.5 Å². The molecule has 2 heterocycles. The van der Waals surface area contributed by atoms with Gasteiger partial charge in [0.1, 0.15) is 0 Å². The van der Waals surface area contributed by atoms with Crippen LogP contribution >= 0.6 is 11.3 Å². The Morgan fingerprint density at radius 3 is 2.44 bits per heavy atom. The summed E-state index contributed by atoms with van der Waals surface area (Å²) in [6.45, 7) is 0.174. The monoisotopic (exact) mass is 389 g/mol. The smallest absolute Gasteiger partial charge is 0.254 e. The molecule has 0 N–H and O–H groups in total. The molecule has 3 rings (SSSR count). The van der Waals surface area contributed by atoms with Crippen molar-refractivity contribution in [1.82, 2.24) is 15.0 Å². The van der Waals surface area contributed by atoms with Gasteiger partial charge < -0.3 is 23.6 Å². The molecule has 0 aliphatic heterocycles. The zero-order valence-electron chi connectivity index (χ0n) is 15.4. The van der Waals surface area contributed by atoms with Gasteiger partial charge in [0, 0.05) is 12.6 Å². The van der Waals surface area contributed by atoms with E-state index < -0.39 is 0 Å². The van der Waals surface area contributed by atoms with Gasteiger partial charge in [-0.05, 0) is 23.6 Å². The molecule has 0 saturated heterocycles. The topological polar surface area (TPSA) is 86.9 Å². The fourth-order valence-electron chi connectivity index (χ4n) is 2.52. The molecule has 1 aromatic carbocycles. The Hall–Kier alpha value is -3.07. The van der Waals surface area contributed by atoms with E-state index in [1.54, 1.807) is 19.2 Å². The number of rotatable bonds is 7. The molecule has 0 atom stereocenters. The molecule has 1 amide bonds. The SMILES string of the molecule is COc1cc(C(=O)N(C)Cc2nc(-c3cccs3)no2)cc(OC)c1OC.